The highest BCUT2D eigenvalue weighted by molar-refractivity contribution is 8.09. The Morgan fingerprint density at radius 1 is 1.35 bits per heavy atom. The molecule has 3 aliphatic rings. The first-order chi connectivity index (χ1) is 17.4. The van der Waals surface area contributed by atoms with Crippen molar-refractivity contribution in [3.8, 4) is 0 Å². The van der Waals surface area contributed by atoms with Gasteiger partial charge < -0.3 is 13.7 Å². The molecule has 1 heterocycles. The molecule has 7 atom stereocenters. The van der Waals surface area contributed by atoms with Gasteiger partial charge in [-0.2, -0.15) is 0 Å². The van der Waals surface area contributed by atoms with Gasteiger partial charge in [-0.1, -0.05) is 26.8 Å². The number of carbonyl (C=O) groups excluding carboxylic acids is 4. The van der Waals surface area contributed by atoms with Crippen molar-refractivity contribution in [2.75, 3.05) is 0 Å². The van der Waals surface area contributed by atoms with E-state index < -0.39 is 63.9 Å². The maximum absolute atomic E-state index is 16.4. The Hall–Kier alpha value is -2.59. The minimum Gasteiger partial charge on any atom is -0.457 e. The zero-order valence-corrected chi connectivity index (χ0v) is 21.7. The second-order valence-electron chi connectivity index (χ2n) is 10.5. The highest BCUT2D eigenvalue weighted by Gasteiger charge is 2.74. The van der Waals surface area contributed by atoms with E-state index in [2.05, 4.69) is 0 Å². The largest absolute Gasteiger partial charge is 0.457 e. The number of hydrogen-bond acceptors (Lipinski definition) is 8. The molecule has 10 heteroatoms. The summed E-state index contributed by atoms with van der Waals surface area (Å²) in [7, 11) is 0. The normalized spacial score (nSPS) is 36.2. The Morgan fingerprint density at radius 2 is 2.08 bits per heavy atom. The second-order valence-corrected chi connectivity index (χ2v) is 11.0. The molecule has 0 bridgehead atoms. The Morgan fingerprint density at radius 3 is 2.68 bits per heavy atom. The van der Waals surface area contributed by atoms with Crippen molar-refractivity contribution in [3.05, 3.63) is 48.0 Å². The molecule has 37 heavy (non-hydrogen) atoms. The standard InChI is InChI=1S/C27H30F2O7S/c1-4-26(29)19(13-20(28)16-7-5-8-17(30)12-16)18-11-15(2)27(24(33)37-34,25(18,3)14-22(26)31)36-23(32)21-9-6-10-35-21/h5-6,8-10,12,15,18-20,34H,4,7,11,13-14H2,1-3H3/t15-,18?,19?,20+,25?,26+,27+/m1/s1. The second kappa shape index (κ2) is 9.94. The fourth-order valence-corrected chi connectivity index (χ4v) is 7.49. The number of hydrogen-bond donors (Lipinski definition) is 1. The number of alkyl halides is 2. The molecule has 3 unspecified atom stereocenters. The van der Waals surface area contributed by atoms with Gasteiger partial charge in [0.15, 0.2) is 22.8 Å². The van der Waals surface area contributed by atoms with E-state index in [1.54, 1.807) is 13.8 Å². The van der Waals surface area contributed by atoms with Gasteiger partial charge in [0.1, 0.15) is 6.17 Å². The average Bonchev–Trinajstić information content (AvgIpc) is 3.48. The van der Waals surface area contributed by atoms with Crippen LogP contribution in [-0.4, -0.2) is 44.6 Å². The van der Waals surface area contributed by atoms with Crippen LogP contribution < -0.4 is 0 Å². The van der Waals surface area contributed by atoms with Gasteiger partial charge in [0, 0.05) is 23.7 Å². The van der Waals surface area contributed by atoms with Gasteiger partial charge in [-0.15, -0.1) is 0 Å². The van der Waals surface area contributed by atoms with Crippen molar-refractivity contribution in [2.45, 2.75) is 70.3 Å². The highest BCUT2D eigenvalue weighted by atomic mass is 32.2. The molecule has 0 aliphatic heterocycles. The minimum atomic E-state index is -2.36. The summed E-state index contributed by atoms with van der Waals surface area (Å²) in [6.07, 6.45) is 3.00. The molecular weight excluding hydrogens is 506 g/mol. The fraction of sp³-hybridized carbons (Fsp3) is 0.556. The van der Waals surface area contributed by atoms with Crippen LogP contribution >= 0.6 is 12.0 Å². The van der Waals surface area contributed by atoms with Crippen LogP contribution in [0.1, 0.15) is 63.4 Å². The first kappa shape index (κ1) is 27.4. The van der Waals surface area contributed by atoms with E-state index in [1.807, 2.05) is 0 Å². The molecule has 3 aliphatic carbocycles. The van der Waals surface area contributed by atoms with Crippen LogP contribution in [0, 0.1) is 23.2 Å². The molecule has 1 aromatic rings. The first-order valence-electron chi connectivity index (χ1n) is 12.3. The summed E-state index contributed by atoms with van der Waals surface area (Å²) in [5.41, 5.74) is -5.57. The topological polar surface area (TPSA) is 111 Å². The van der Waals surface area contributed by atoms with E-state index in [9.17, 15) is 23.7 Å². The summed E-state index contributed by atoms with van der Waals surface area (Å²) in [6.45, 7) is 4.73. The third-order valence-electron chi connectivity index (χ3n) is 8.74. The molecule has 0 aromatic carbocycles. The lowest BCUT2D eigenvalue weighted by molar-refractivity contribution is -0.174. The predicted molar refractivity (Wildman–Crippen MR) is 131 cm³/mol. The van der Waals surface area contributed by atoms with Crippen LogP contribution in [0.5, 0.6) is 0 Å². The van der Waals surface area contributed by atoms with Gasteiger partial charge in [0.05, 0.1) is 18.3 Å². The zero-order valence-electron chi connectivity index (χ0n) is 20.9. The van der Waals surface area contributed by atoms with Gasteiger partial charge in [-0.25, -0.2) is 13.6 Å². The maximum atomic E-state index is 16.4. The first-order valence-corrected chi connectivity index (χ1v) is 13.1. The van der Waals surface area contributed by atoms with E-state index in [4.69, 9.17) is 9.15 Å². The lowest BCUT2D eigenvalue weighted by atomic mass is 9.53. The Balaban J connectivity index is 1.78. The molecule has 200 valence electrons. The lowest BCUT2D eigenvalue weighted by Crippen LogP contribution is -2.63. The summed E-state index contributed by atoms with van der Waals surface area (Å²) in [5, 5.41) is -0.887. The Bertz CT molecular complexity index is 1160. The number of esters is 1. The summed E-state index contributed by atoms with van der Waals surface area (Å²) in [4.78, 5) is 51.5. The number of rotatable bonds is 7. The molecule has 1 N–H and O–H groups in total. The smallest absolute Gasteiger partial charge is 0.375 e. The highest BCUT2D eigenvalue weighted by Crippen LogP contribution is 2.66. The van der Waals surface area contributed by atoms with Crippen LogP contribution in [0.15, 0.2) is 46.6 Å². The summed E-state index contributed by atoms with van der Waals surface area (Å²) in [6, 6.07) is 2.82. The third-order valence-corrected chi connectivity index (χ3v) is 9.21. The van der Waals surface area contributed by atoms with Crippen molar-refractivity contribution in [2.24, 2.45) is 23.2 Å². The van der Waals surface area contributed by atoms with Gasteiger partial charge in [0.2, 0.25) is 5.76 Å². The van der Waals surface area contributed by atoms with Crippen molar-refractivity contribution in [3.63, 3.8) is 0 Å². The molecule has 7 nitrogen and oxygen atoms in total. The van der Waals surface area contributed by atoms with E-state index in [1.165, 1.54) is 43.5 Å². The lowest BCUT2D eigenvalue weighted by Gasteiger charge is -2.53. The minimum absolute atomic E-state index is 0.117. The van der Waals surface area contributed by atoms with Gasteiger partial charge in [-0.3, -0.25) is 14.4 Å². The van der Waals surface area contributed by atoms with Crippen molar-refractivity contribution >= 4 is 34.7 Å². The number of halogens is 2. The number of Topliss-reactive ketones (excluding diaryl/α,β-unsaturated/α-hetero) is 1. The number of ether oxygens (including phenoxy) is 1. The molecule has 1 aromatic heterocycles. The third kappa shape index (κ3) is 4.22. The fourth-order valence-electron chi connectivity index (χ4n) is 6.88. The molecule has 0 saturated heterocycles. The summed E-state index contributed by atoms with van der Waals surface area (Å²) in [5.74, 6) is -4.91. The maximum Gasteiger partial charge on any atom is 0.375 e. The molecular formula is C27H30F2O7S. The van der Waals surface area contributed by atoms with Crippen LogP contribution in [0.2, 0.25) is 0 Å². The van der Waals surface area contributed by atoms with Crippen molar-refractivity contribution in [1.82, 2.24) is 0 Å². The number of furan rings is 1. The van der Waals surface area contributed by atoms with Crippen molar-refractivity contribution < 1.29 is 41.7 Å². The summed E-state index contributed by atoms with van der Waals surface area (Å²) >= 11 is -0.117. The number of carbonyl (C=O) groups is 4. The monoisotopic (exact) mass is 536 g/mol. The summed E-state index contributed by atoms with van der Waals surface area (Å²) < 4.78 is 52.8. The molecule has 0 spiro atoms. The van der Waals surface area contributed by atoms with Gasteiger partial charge in [-0.05, 0) is 61.5 Å². The van der Waals surface area contributed by atoms with Crippen LogP contribution in [0.3, 0.4) is 0 Å². The van der Waals surface area contributed by atoms with E-state index >= 15 is 8.78 Å². The molecule has 0 radical (unpaired) electrons. The SMILES string of the molecule is CC[C@@]1(F)C(=O)CC2(C)C(C[C@@H](C)[C@]2(OC(=O)c2ccco2)C(=O)SO)C1C[C@H](F)C1=CC(=O)C=CC1. The molecule has 2 saturated carbocycles. The van der Waals surface area contributed by atoms with Crippen LogP contribution in [-0.2, 0) is 19.1 Å². The molecule has 2 fully saturated rings. The molecule has 0 amide bonds. The zero-order chi connectivity index (χ0) is 27.2. The van der Waals surface area contributed by atoms with Gasteiger partial charge in [0.25, 0.3) is 5.12 Å². The Labute approximate surface area is 217 Å². The van der Waals surface area contributed by atoms with Crippen LogP contribution in [0.4, 0.5) is 8.78 Å². The van der Waals surface area contributed by atoms with E-state index in [-0.39, 0.29) is 54.8 Å². The van der Waals surface area contributed by atoms with E-state index in [0.717, 1.165) is 0 Å². The Kier molecular flexibility index (Phi) is 7.38. The number of allylic oxidation sites excluding steroid dienone is 4. The van der Waals surface area contributed by atoms with Gasteiger partial charge >= 0.3 is 5.97 Å². The van der Waals surface area contributed by atoms with Crippen molar-refractivity contribution in [1.29, 1.82) is 0 Å². The average molecular weight is 537 g/mol. The quantitative estimate of drug-likeness (QED) is 0.361. The van der Waals surface area contributed by atoms with Crippen LogP contribution in [0.25, 0.3) is 0 Å². The number of ketones is 2. The van der Waals surface area contributed by atoms with E-state index in [0.29, 0.717) is 0 Å². The predicted octanol–water partition coefficient (Wildman–Crippen LogP) is 5.46. The number of fused-ring (bicyclic) bond motifs is 1. The molecule has 4 rings (SSSR count).